The Morgan fingerprint density at radius 1 is 1.00 bits per heavy atom. The topological polar surface area (TPSA) is 28.2 Å². The molecule has 3 rings (SSSR count). The lowest BCUT2D eigenvalue weighted by atomic mass is 9.99. The third-order valence-electron chi connectivity index (χ3n) is 4.41. The molecule has 0 saturated carbocycles. The molecule has 3 nitrogen and oxygen atoms in total. The van der Waals surface area contributed by atoms with Gasteiger partial charge in [0.15, 0.2) is 0 Å². The van der Waals surface area contributed by atoms with Gasteiger partial charge in [0.05, 0.1) is 0 Å². The van der Waals surface area contributed by atoms with Crippen LogP contribution in [0.4, 0.5) is 5.82 Å². The second-order valence-electron chi connectivity index (χ2n) is 5.85. The predicted molar refractivity (Wildman–Crippen MR) is 79.5 cm³/mol. The molecule has 2 aliphatic rings. The van der Waals surface area contributed by atoms with Gasteiger partial charge in [-0.05, 0) is 43.9 Å². The van der Waals surface area contributed by atoms with Crippen molar-refractivity contribution in [2.75, 3.05) is 24.5 Å². The predicted octanol–water partition coefficient (Wildman–Crippen LogP) is 3.28. The highest BCUT2D eigenvalue weighted by atomic mass is 15.2. The second-order valence-corrected chi connectivity index (χ2v) is 5.85. The van der Waals surface area contributed by atoms with Crippen LogP contribution >= 0.6 is 0 Å². The highest BCUT2D eigenvalue weighted by Gasteiger charge is 2.16. The Labute approximate surface area is 116 Å². The first-order valence-electron chi connectivity index (χ1n) is 7.88. The Balaban J connectivity index is 1.67. The summed E-state index contributed by atoms with van der Waals surface area (Å²) in [5.74, 6) is 1.17. The zero-order chi connectivity index (χ0) is 12.9. The van der Waals surface area contributed by atoms with Gasteiger partial charge < -0.3 is 10.2 Å². The first-order chi connectivity index (χ1) is 9.43. The van der Waals surface area contributed by atoms with E-state index in [1.54, 1.807) is 0 Å². The highest BCUT2D eigenvalue weighted by molar-refractivity contribution is 5.40. The van der Waals surface area contributed by atoms with E-state index in [2.05, 4.69) is 28.5 Å². The molecule has 3 heterocycles. The average molecular weight is 259 g/mol. The summed E-state index contributed by atoms with van der Waals surface area (Å²) in [6, 6.07) is 5.02. The smallest absolute Gasteiger partial charge is 0.128 e. The first-order valence-corrected chi connectivity index (χ1v) is 7.88. The van der Waals surface area contributed by atoms with Gasteiger partial charge in [-0.1, -0.05) is 25.3 Å². The maximum atomic E-state index is 4.71. The first kappa shape index (κ1) is 12.9. The van der Waals surface area contributed by atoms with Crippen molar-refractivity contribution in [1.29, 1.82) is 0 Å². The molecule has 2 aliphatic heterocycles. The zero-order valence-electron chi connectivity index (χ0n) is 11.8. The van der Waals surface area contributed by atoms with Crippen molar-refractivity contribution in [3.8, 4) is 0 Å². The molecule has 1 N–H and O–H groups in total. The summed E-state index contributed by atoms with van der Waals surface area (Å²) in [6.07, 6.45) is 11.4. The molecule has 2 saturated heterocycles. The lowest BCUT2D eigenvalue weighted by molar-refractivity contribution is 0.411. The number of rotatable bonds is 2. The summed E-state index contributed by atoms with van der Waals surface area (Å²) >= 11 is 0. The van der Waals surface area contributed by atoms with Crippen molar-refractivity contribution >= 4 is 5.82 Å². The molecule has 1 unspecified atom stereocenters. The Morgan fingerprint density at radius 3 is 2.47 bits per heavy atom. The molecule has 19 heavy (non-hydrogen) atoms. The molecule has 0 spiro atoms. The quantitative estimate of drug-likeness (QED) is 0.883. The van der Waals surface area contributed by atoms with Gasteiger partial charge in [0.25, 0.3) is 0 Å². The molecule has 0 amide bonds. The van der Waals surface area contributed by atoms with Crippen molar-refractivity contribution in [2.45, 2.75) is 51.0 Å². The molecule has 3 heteroatoms. The number of pyridine rings is 1. The fourth-order valence-corrected chi connectivity index (χ4v) is 3.23. The summed E-state index contributed by atoms with van der Waals surface area (Å²) in [6.45, 7) is 3.50. The van der Waals surface area contributed by atoms with E-state index in [1.165, 1.54) is 69.4 Å². The fourth-order valence-electron chi connectivity index (χ4n) is 3.23. The van der Waals surface area contributed by atoms with E-state index in [0.717, 1.165) is 6.54 Å². The Morgan fingerprint density at radius 2 is 1.84 bits per heavy atom. The summed E-state index contributed by atoms with van der Waals surface area (Å²) < 4.78 is 0. The van der Waals surface area contributed by atoms with E-state index < -0.39 is 0 Å². The Hall–Kier alpha value is -1.09. The van der Waals surface area contributed by atoms with Crippen molar-refractivity contribution in [3.63, 3.8) is 0 Å². The largest absolute Gasteiger partial charge is 0.357 e. The molecule has 1 aromatic heterocycles. The summed E-state index contributed by atoms with van der Waals surface area (Å²) in [4.78, 5) is 7.15. The lowest BCUT2D eigenvalue weighted by Gasteiger charge is -2.25. The minimum Gasteiger partial charge on any atom is -0.357 e. The third-order valence-corrected chi connectivity index (χ3v) is 4.41. The maximum Gasteiger partial charge on any atom is 0.128 e. The summed E-state index contributed by atoms with van der Waals surface area (Å²) in [5.41, 5.74) is 1.36. The number of aromatic nitrogens is 1. The van der Waals surface area contributed by atoms with E-state index in [-0.39, 0.29) is 0 Å². The van der Waals surface area contributed by atoms with Gasteiger partial charge in [-0.25, -0.2) is 4.98 Å². The average Bonchev–Trinajstić information content (AvgIpc) is 2.77. The van der Waals surface area contributed by atoms with Gasteiger partial charge >= 0.3 is 0 Å². The van der Waals surface area contributed by atoms with Gasteiger partial charge in [-0.3, -0.25) is 0 Å². The van der Waals surface area contributed by atoms with E-state index >= 15 is 0 Å². The van der Waals surface area contributed by atoms with Crippen LogP contribution in [0.1, 0.15) is 56.6 Å². The minimum absolute atomic E-state index is 0.527. The van der Waals surface area contributed by atoms with Crippen LogP contribution in [0, 0.1) is 0 Å². The normalized spacial score (nSPS) is 25.1. The third kappa shape index (κ3) is 3.27. The van der Waals surface area contributed by atoms with Crippen LogP contribution in [0.2, 0.25) is 0 Å². The molecule has 0 aliphatic carbocycles. The number of nitrogens with zero attached hydrogens (tertiary/aromatic N) is 2. The summed E-state index contributed by atoms with van der Waals surface area (Å²) in [5, 5.41) is 3.59. The SMILES string of the molecule is c1cc(N2CCCCCC2)ncc1C1CCCCN1. The Bertz CT molecular complexity index is 373. The molecule has 0 aromatic carbocycles. The molecular weight excluding hydrogens is 234 g/mol. The fraction of sp³-hybridized carbons (Fsp3) is 0.688. The Kier molecular flexibility index (Phi) is 4.34. The van der Waals surface area contributed by atoms with Crippen LogP contribution in [0.5, 0.6) is 0 Å². The van der Waals surface area contributed by atoms with Crippen molar-refractivity contribution in [3.05, 3.63) is 23.9 Å². The van der Waals surface area contributed by atoms with E-state index in [9.17, 15) is 0 Å². The number of hydrogen-bond donors (Lipinski definition) is 1. The molecule has 2 fully saturated rings. The number of hydrogen-bond acceptors (Lipinski definition) is 3. The minimum atomic E-state index is 0.527. The second kappa shape index (κ2) is 6.38. The monoisotopic (exact) mass is 259 g/mol. The van der Waals surface area contributed by atoms with Crippen molar-refractivity contribution in [1.82, 2.24) is 10.3 Å². The lowest BCUT2D eigenvalue weighted by Crippen LogP contribution is -2.27. The summed E-state index contributed by atoms with van der Waals surface area (Å²) in [7, 11) is 0. The van der Waals surface area contributed by atoms with Crippen LogP contribution in [-0.4, -0.2) is 24.6 Å². The molecule has 0 radical (unpaired) electrons. The van der Waals surface area contributed by atoms with E-state index in [4.69, 9.17) is 4.98 Å². The van der Waals surface area contributed by atoms with E-state index in [1.807, 2.05) is 0 Å². The van der Waals surface area contributed by atoms with Gasteiger partial charge in [-0.2, -0.15) is 0 Å². The molecule has 1 atom stereocenters. The zero-order valence-corrected chi connectivity index (χ0v) is 11.8. The molecule has 104 valence electrons. The van der Waals surface area contributed by atoms with E-state index in [0.29, 0.717) is 6.04 Å². The highest BCUT2D eigenvalue weighted by Crippen LogP contribution is 2.24. The van der Waals surface area contributed by atoms with Crippen LogP contribution in [0.25, 0.3) is 0 Å². The number of nitrogens with one attached hydrogen (secondary N) is 1. The van der Waals surface area contributed by atoms with Crippen molar-refractivity contribution in [2.24, 2.45) is 0 Å². The molecule has 1 aromatic rings. The van der Waals surface area contributed by atoms with Crippen LogP contribution in [0.15, 0.2) is 18.3 Å². The maximum absolute atomic E-state index is 4.71. The number of piperidine rings is 1. The molecule has 0 bridgehead atoms. The van der Waals surface area contributed by atoms with Crippen LogP contribution < -0.4 is 10.2 Å². The molecular formula is C16H25N3. The van der Waals surface area contributed by atoms with Gasteiger partial charge in [0, 0.05) is 25.3 Å². The van der Waals surface area contributed by atoms with Crippen molar-refractivity contribution < 1.29 is 0 Å². The van der Waals surface area contributed by atoms with Gasteiger partial charge in [-0.15, -0.1) is 0 Å². The van der Waals surface area contributed by atoms with Crippen LogP contribution in [0.3, 0.4) is 0 Å². The standard InChI is InChI=1S/C16H25N3/c1-2-6-12-19(11-5-1)16-9-8-14(13-18-16)15-7-3-4-10-17-15/h8-9,13,15,17H,1-7,10-12H2. The number of anilines is 1. The van der Waals surface area contributed by atoms with Gasteiger partial charge in [0.2, 0.25) is 0 Å². The van der Waals surface area contributed by atoms with Crippen LogP contribution in [-0.2, 0) is 0 Å². The van der Waals surface area contributed by atoms with Gasteiger partial charge in [0.1, 0.15) is 5.82 Å².